The van der Waals surface area contributed by atoms with Crippen molar-refractivity contribution in [1.29, 1.82) is 0 Å². The quantitative estimate of drug-likeness (QED) is 0.822. The molecule has 3 heteroatoms. The van der Waals surface area contributed by atoms with E-state index in [0.29, 0.717) is 12.8 Å². The van der Waals surface area contributed by atoms with Crippen LogP contribution in [0, 0.1) is 0 Å². The molecular formula is C18H21NO2. The minimum Gasteiger partial charge on any atom is -0.467 e. The van der Waals surface area contributed by atoms with Crippen LogP contribution in [0.4, 0.5) is 5.69 Å². The van der Waals surface area contributed by atoms with Gasteiger partial charge in [0, 0.05) is 12.1 Å². The molecule has 2 rings (SSSR count). The van der Waals surface area contributed by atoms with Crippen molar-refractivity contribution in [3.63, 3.8) is 0 Å². The molecule has 2 aromatic carbocycles. The van der Waals surface area contributed by atoms with Crippen LogP contribution in [0.25, 0.3) is 0 Å². The van der Waals surface area contributed by atoms with Crippen LogP contribution in [0.3, 0.4) is 0 Å². The van der Waals surface area contributed by atoms with Crippen LogP contribution in [0.1, 0.15) is 18.9 Å². The van der Waals surface area contributed by atoms with E-state index in [-0.39, 0.29) is 5.97 Å². The lowest BCUT2D eigenvalue weighted by molar-refractivity contribution is -0.146. The lowest BCUT2D eigenvalue weighted by Crippen LogP contribution is -2.48. The molecule has 1 N–H and O–H groups in total. The lowest BCUT2D eigenvalue weighted by Gasteiger charge is -2.32. The molecule has 3 nitrogen and oxygen atoms in total. The number of ether oxygens (including phenoxy) is 1. The smallest absolute Gasteiger partial charge is 0.331 e. The Hall–Kier alpha value is -2.29. The number of methoxy groups -OCH3 is 1. The maximum atomic E-state index is 12.4. The van der Waals surface area contributed by atoms with Crippen LogP contribution >= 0.6 is 0 Å². The Kier molecular flexibility index (Phi) is 4.99. The zero-order chi connectivity index (χ0) is 15.1. The Labute approximate surface area is 126 Å². The average Bonchev–Trinajstić information content (AvgIpc) is 2.55. The van der Waals surface area contributed by atoms with Gasteiger partial charge in [-0.3, -0.25) is 0 Å². The van der Waals surface area contributed by atoms with Crippen molar-refractivity contribution in [2.75, 3.05) is 12.4 Å². The average molecular weight is 283 g/mol. The normalized spacial score (nSPS) is 13.2. The van der Waals surface area contributed by atoms with E-state index in [1.165, 1.54) is 7.11 Å². The summed E-state index contributed by atoms with van der Waals surface area (Å²) >= 11 is 0. The Morgan fingerprint density at radius 1 is 1.05 bits per heavy atom. The molecule has 0 heterocycles. The van der Waals surface area contributed by atoms with Gasteiger partial charge in [0.05, 0.1) is 7.11 Å². The molecule has 2 aromatic rings. The predicted molar refractivity (Wildman–Crippen MR) is 85.2 cm³/mol. The summed E-state index contributed by atoms with van der Waals surface area (Å²) in [6.45, 7) is 2.00. The maximum Gasteiger partial charge on any atom is 0.331 e. The van der Waals surface area contributed by atoms with E-state index in [1.807, 2.05) is 67.6 Å². The number of rotatable bonds is 6. The third-order valence-corrected chi connectivity index (χ3v) is 3.69. The fourth-order valence-electron chi connectivity index (χ4n) is 2.46. The molecule has 21 heavy (non-hydrogen) atoms. The molecule has 1 atom stereocenters. The topological polar surface area (TPSA) is 38.3 Å². The first-order valence-electron chi connectivity index (χ1n) is 7.16. The van der Waals surface area contributed by atoms with Crippen LogP contribution in [-0.2, 0) is 16.0 Å². The summed E-state index contributed by atoms with van der Waals surface area (Å²) in [7, 11) is 1.43. The highest BCUT2D eigenvalue weighted by Gasteiger charge is 2.38. The first-order valence-corrected chi connectivity index (χ1v) is 7.16. The van der Waals surface area contributed by atoms with Crippen LogP contribution in [0.15, 0.2) is 60.7 Å². The highest BCUT2D eigenvalue weighted by molar-refractivity contribution is 5.85. The number of hydrogen-bond acceptors (Lipinski definition) is 3. The zero-order valence-electron chi connectivity index (χ0n) is 12.5. The Morgan fingerprint density at radius 3 is 2.14 bits per heavy atom. The maximum absolute atomic E-state index is 12.4. The fraction of sp³-hybridized carbons (Fsp3) is 0.278. The van der Waals surface area contributed by atoms with Gasteiger partial charge in [-0.2, -0.15) is 0 Å². The Morgan fingerprint density at radius 2 is 1.62 bits per heavy atom. The van der Waals surface area contributed by atoms with Gasteiger partial charge in [-0.25, -0.2) is 4.79 Å². The van der Waals surface area contributed by atoms with Crippen molar-refractivity contribution >= 4 is 11.7 Å². The molecule has 0 fully saturated rings. The zero-order valence-corrected chi connectivity index (χ0v) is 12.5. The summed E-state index contributed by atoms with van der Waals surface area (Å²) in [5.74, 6) is -0.238. The number of hydrogen-bond donors (Lipinski definition) is 1. The van der Waals surface area contributed by atoms with E-state index in [9.17, 15) is 4.79 Å². The molecule has 0 saturated heterocycles. The second kappa shape index (κ2) is 6.93. The highest BCUT2D eigenvalue weighted by Crippen LogP contribution is 2.25. The molecule has 0 radical (unpaired) electrons. The number of benzene rings is 2. The van der Waals surface area contributed by atoms with Crippen molar-refractivity contribution in [3.05, 3.63) is 66.2 Å². The number of anilines is 1. The van der Waals surface area contributed by atoms with Crippen molar-refractivity contribution in [2.24, 2.45) is 0 Å². The minimum atomic E-state index is -0.753. The first-order chi connectivity index (χ1) is 10.2. The molecule has 110 valence electrons. The van der Waals surface area contributed by atoms with Crippen LogP contribution in [0.5, 0.6) is 0 Å². The third kappa shape index (κ3) is 3.63. The van der Waals surface area contributed by atoms with E-state index in [0.717, 1.165) is 11.3 Å². The van der Waals surface area contributed by atoms with Crippen LogP contribution in [-0.4, -0.2) is 18.6 Å². The summed E-state index contributed by atoms with van der Waals surface area (Å²) in [6.07, 6.45) is 1.23. The van der Waals surface area contributed by atoms with Crippen molar-refractivity contribution in [1.82, 2.24) is 0 Å². The van der Waals surface area contributed by atoms with Gasteiger partial charge in [-0.15, -0.1) is 0 Å². The molecule has 1 unspecified atom stereocenters. The third-order valence-electron chi connectivity index (χ3n) is 3.69. The molecular weight excluding hydrogens is 262 g/mol. The molecule has 0 bridgehead atoms. The molecule has 0 spiro atoms. The summed E-state index contributed by atoms with van der Waals surface area (Å²) in [5, 5.41) is 3.37. The van der Waals surface area contributed by atoms with Gasteiger partial charge in [0.1, 0.15) is 5.54 Å². The number of carbonyl (C=O) groups excluding carboxylic acids is 1. The summed E-state index contributed by atoms with van der Waals surface area (Å²) < 4.78 is 5.05. The van der Waals surface area contributed by atoms with E-state index < -0.39 is 5.54 Å². The van der Waals surface area contributed by atoms with Crippen LogP contribution < -0.4 is 5.32 Å². The number of esters is 1. The Balaban J connectivity index is 2.31. The summed E-state index contributed by atoms with van der Waals surface area (Å²) in [4.78, 5) is 12.4. The van der Waals surface area contributed by atoms with Crippen molar-refractivity contribution in [3.8, 4) is 0 Å². The van der Waals surface area contributed by atoms with Gasteiger partial charge in [0.15, 0.2) is 0 Å². The van der Waals surface area contributed by atoms with E-state index in [1.54, 1.807) is 0 Å². The summed E-state index contributed by atoms with van der Waals surface area (Å²) in [6, 6.07) is 19.8. The molecule has 0 aromatic heterocycles. The molecule has 0 aliphatic rings. The Bertz CT molecular complexity index is 525. The van der Waals surface area contributed by atoms with E-state index in [2.05, 4.69) is 5.32 Å². The van der Waals surface area contributed by atoms with Gasteiger partial charge in [0.25, 0.3) is 0 Å². The predicted octanol–water partition coefficient (Wildman–Crippen LogP) is 3.66. The van der Waals surface area contributed by atoms with Crippen molar-refractivity contribution < 1.29 is 9.53 Å². The second-order valence-electron chi connectivity index (χ2n) is 5.08. The SMILES string of the molecule is CCC(Cc1ccccc1)(Nc1ccccc1)C(=O)OC. The van der Waals surface area contributed by atoms with Gasteiger partial charge in [0.2, 0.25) is 0 Å². The van der Waals surface area contributed by atoms with Crippen molar-refractivity contribution in [2.45, 2.75) is 25.3 Å². The molecule has 0 amide bonds. The van der Waals surface area contributed by atoms with Gasteiger partial charge in [-0.1, -0.05) is 55.5 Å². The number of carbonyl (C=O) groups is 1. The van der Waals surface area contributed by atoms with Gasteiger partial charge >= 0.3 is 5.97 Å². The monoisotopic (exact) mass is 283 g/mol. The van der Waals surface area contributed by atoms with Gasteiger partial charge < -0.3 is 10.1 Å². The highest BCUT2D eigenvalue weighted by atomic mass is 16.5. The number of para-hydroxylation sites is 1. The largest absolute Gasteiger partial charge is 0.467 e. The van der Waals surface area contributed by atoms with Gasteiger partial charge in [-0.05, 0) is 24.1 Å². The van der Waals surface area contributed by atoms with E-state index in [4.69, 9.17) is 4.74 Å². The lowest BCUT2D eigenvalue weighted by atomic mass is 9.87. The van der Waals surface area contributed by atoms with E-state index >= 15 is 0 Å². The second-order valence-corrected chi connectivity index (χ2v) is 5.08. The van der Waals surface area contributed by atoms with Crippen LogP contribution in [0.2, 0.25) is 0 Å². The standard InChI is InChI=1S/C18H21NO2/c1-3-18(17(20)21-2,14-15-10-6-4-7-11-15)19-16-12-8-5-9-13-16/h4-13,19H,3,14H2,1-2H3. The molecule has 0 aliphatic carbocycles. The summed E-state index contributed by atoms with van der Waals surface area (Å²) in [5.41, 5.74) is 1.27. The molecule has 0 saturated carbocycles. The minimum absolute atomic E-state index is 0.238. The number of nitrogens with one attached hydrogen (secondary N) is 1. The molecule has 0 aliphatic heterocycles. The fourth-order valence-corrected chi connectivity index (χ4v) is 2.46. The first kappa shape index (κ1) is 15.1.